The van der Waals surface area contributed by atoms with E-state index in [0.717, 1.165) is 26.8 Å². The predicted octanol–water partition coefficient (Wildman–Crippen LogP) is 5.54. The molecule has 0 atom stereocenters. The normalized spacial score (nSPS) is 10.7. The molecule has 0 fully saturated rings. The summed E-state index contributed by atoms with van der Waals surface area (Å²) in [6.07, 6.45) is 0.224. The number of amides is 1. The molecule has 1 N–H and O–H groups in total. The quantitative estimate of drug-likeness (QED) is 0.447. The van der Waals surface area contributed by atoms with Gasteiger partial charge in [0.1, 0.15) is 4.88 Å². The van der Waals surface area contributed by atoms with E-state index in [-0.39, 0.29) is 12.3 Å². The first-order valence-corrected chi connectivity index (χ1v) is 10.0. The van der Waals surface area contributed by atoms with Crippen LogP contribution in [0.5, 0.6) is 0 Å². The Labute approximate surface area is 172 Å². The average Bonchev–Trinajstić information content (AvgIpc) is 3.17. The molecule has 0 aliphatic carbocycles. The SMILES string of the molecule is COC(=O)c1sc(-c2ccccc2)cc1NC(=O)Cc1ccc2ccccc2c1. The lowest BCUT2D eigenvalue weighted by molar-refractivity contribution is -0.115. The van der Waals surface area contributed by atoms with Gasteiger partial charge in [-0.3, -0.25) is 4.79 Å². The molecule has 1 amide bonds. The van der Waals surface area contributed by atoms with Crippen LogP contribution in [0.15, 0.2) is 78.9 Å². The third-order valence-corrected chi connectivity index (χ3v) is 5.78. The van der Waals surface area contributed by atoms with Crippen LogP contribution in [-0.4, -0.2) is 19.0 Å². The van der Waals surface area contributed by atoms with E-state index in [1.165, 1.54) is 18.4 Å². The van der Waals surface area contributed by atoms with Crippen LogP contribution in [0.4, 0.5) is 5.69 Å². The summed E-state index contributed by atoms with van der Waals surface area (Å²) < 4.78 is 4.89. The van der Waals surface area contributed by atoms with E-state index in [9.17, 15) is 9.59 Å². The molecule has 0 saturated heterocycles. The number of nitrogens with one attached hydrogen (secondary N) is 1. The Morgan fingerprint density at radius 3 is 2.38 bits per heavy atom. The molecule has 4 rings (SSSR count). The summed E-state index contributed by atoms with van der Waals surface area (Å²) in [5.41, 5.74) is 2.38. The van der Waals surface area contributed by atoms with Gasteiger partial charge in [0.2, 0.25) is 5.91 Å². The zero-order chi connectivity index (χ0) is 20.2. The first kappa shape index (κ1) is 18.9. The van der Waals surface area contributed by atoms with Crippen molar-refractivity contribution in [3.8, 4) is 10.4 Å². The Hall–Kier alpha value is -3.44. The maximum atomic E-state index is 12.7. The maximum Gasteiger partial charge on any atom is 0.350 e. The number of ether oxygens (including phenoxy) is 1. The molecule has 0 radical (unpaired) electrons. The highest BCUT2D eigenvalue weighted by molar-refractivity contribution is 7.18. The maximum absolute atomic E-state index is 12.7. The van der Waals surface area contributed by atoms with Crippen LogP contribution < -0.4 is 5.32 Å². The van der Waals surface area contributed by atoms with E-state index >= 15 is 0 Å². The van der Waals surface area contributed by atoms with E-state index in [0.29, 0.717) is 10.6 Å². The van der Waals surface area contributed by atoms with Gasteiger partial charge < -0.3 is 10.1 Å². The van der Waals surface area contributed by atoms with Crippen LogP contribution in [0.25, 0.3) is 21.2 Å². The number of carbonyl (C=O) groups excluding carboxylic acids is 2. The predicted molar refractivity (Wildman–Crippen MR) is 117 cm³/mol. The number of fused-ring (bicyclic) bond motifs is 1. The summed E-state index contributed by atoms with van der Waals surface area (Å²) in [6.45, 7) is 0. The lowest BCUT2D eigenvalue weighted by atomic mass is 10.0. The number of thiophene rings is 1. The number of hydrogen-bond acceptors (Lipinski definition) is 4. The molecule has 5 heteroatoms. The van der Waals surface area contributed by atoms with E-state index in [1.54, 1.807) is 0 Å². The van der Waals surface area contributed by atoms with Crippen molar-refractivity contribution in [3.05, 3.63) is 89.3 Å². The van der Waals surface area contributed by atoms with Crippen LogP contribution in [0.2, 0.25) is 0 Å². The summed E-state index contributed by atoms with van der Waals surface area (Å²) in [4.78, 5) is 26.2. The van der Waals surface area contributed by atoms with Gasteiger partial charge in [0.15, 0.2) is 0 Å². The van der Waals surface area contributed by atoms with Crippen molar-refractivity contribution in [2.75, 3.05) is 12.4 Å². The molecular formula is C24H19NO3S. The largest absolute Gasteiger partial charge is 0.465 e. The summed E-state index contributed by atoms with van der Waals surface area (Å²) in [6, 6.07) is 25.6. The second-order valence-electron chi connectivity index (χ2n) is 6.62. The Morgan fingerprint density at radius 2 is 1.62 bits per heavy atom. The second-order valence-corrected chi connectivity index (χ2v) is 7.67. The molecule has 0 aliphatic rings. The van der Waals surface area contributed by atoms with Gasteiger partial charge in [0, 0.05) is 4.88 Å². The Kier molecular flexibility index (Phi) is 5.40. The van der Waals surface area contributed by atoms with Crippen molar-refractivity contribution in [2.24, 2.45) is 0 Å². The van der Waals surface area contributed by atoms with Gasteiger partial charge in [-0.15, -0.1) is 11.3 Å². The summed E-state index contributed by atoms with van der Waals surface area (Å²) in [7, 11) is 1.34. The topological polar surface area (TPSA) is 55.4 Å². The Balaban J connectivity index is 1.57. The molecule has 29 heavy (non-hydrogen) atoms. The minimum atomic E-state index is -0.460. The van der Waals surface area contributed by atoms with Crippen molar-refractivity contribution >= 4 is 39.7 Å². The van der Waals surface area contributed by atoms with Crippen LogP contribution in [0, 0.1) is 0 Å². The number of benzene rings is 3. The van der Waals surface area contributed by atoms with Crippen molar-refractivity contribution in [1.82, 2.24) is 0 Å². The zero-order valence-electron chi connectivity index (χ0n) is 15.8. The highest BCUT2D eigenvalue weighted by Crippen LogP contribution is 2.35. The number of rotatable bonds is 5. The number of hydrogen-bond donors (Lipinski definition) is 1. The third-order valence-electron chi connectivity index (χ3n) is 4.61. The monoisotopic (exact) mass is 401 g/mol. The van der Waals surface area contributed by atoms with Crippen molar-refractivity contribution in [1.29, 1.82) is 0 Å². The van der Waals surface area contributed by atoms with Gasteiger partial charge in [0.05, 0.1) is 19.2 Å². The van der Waals surface area contributed by atoms with Gasteiger partial charge in [-0.05, 0) is 28.0 Å². The van der Waals surface area contributed by atoms with E-state index in [1.807, 2.05) is 78.9 Å². The molecule has 0 aliphatic heterocycles. The molecule has 0 spiro atoms. The Bertz CT molecular complexity index is 1180. The summed E-state index contributed by atoms with van der Waals surface area (Å²) >= 11 is 1.31. The standard InChI is InChI=1S/C24H19NO3S/c1-28-24(27)23-20(15-21(29-23)18-8-3-2-4-9-18)25-22(26)14-16-11-12-17-7-5-6-10-19(17)13-16/h2-13,15H,14H2,1H3,(H,25,26). The van der Waals surface area contributed by atoms with Gasteiger partial charge >= 0.3 is 5.97 Å². The van der Waals surface area contributed by atoms with Gasteiger partial charge in [-0.2, -0.15) is 0 Å². The van der Waals surface area contributed by atoms with Crippen LogP contribution in [0.3, 0.4) is 0 Å². The molecule has 144 valence electrons. The van der Waals surface area contributed by atoms with Gasteiger partial charge in [0.25, 0.3) is 0 Å². The van der Waals surface area contributed by atoms with Gasteiger partial charge in [-0.1, -0.05) is 72.8 Å². The highest BCUT2D eigenvalue weighted by Gasteiger charge is 2.19. The molecular weight excluding hydrogens is 382 g/mol. The number of carbonyl (C=O) groups is 2. The first-order valence-electron chi connectivity index (χ1n) is 9.19. The van der Waals surface area contributed by atoms with Crippen LogP contribution in [-0.2, 0) is 16.0 Å². The molecule has 0 unspecified atom stereocenters. The van der Waals surface area contributed by atoms with E-state index < -0.39 is 5.97 Å². The summed E-state index contributed by atoms with van der Waals surface area (Å²) in [5, 5.41) is 5.11. The van der Waals surface area contributed by atoms with E-state index in [2.05, 4.69) is 5.32 Å². The molecule has 4 nitrogen and oxygen atoms in total. The zero-order valence-corrected chi connectivity index (χ0v) is 16.7. The smallest absolute Gasteiger partial charge is 0.350 e. The summed E-state index contributed by atoms with van der Waals surface area (Å²) in [5.74, 6) is -0.638. The van der Waals surface area contributed by atoms with Crippen molar-refractivity contribution in [3.63, 3.8) is 0 Å². The lowest BCUT2D eigenvalue weighted by Crippen LogP contribution is -2.16. The molecule has 3 aromatic carbocycles. The fourth-order valence-electron chi connectivity index (χ4n) is 3.20. The Morgan fingerprint density at radius 1 is 0.897 bits per heavy atom. The van der Waals surface area contributed by atoms with Crippen LogP contribution in [0.1, 0.15) is 15.2 Å². The molecule has 0 saturated carbocycles. The molecule has 4 aromatic rings. The van der Waals surface area contributed by atoms with Crippen molar-refractivity contribution < 1.29 is 14.3 Å². The van der Waals surface area contributed by atoms with Gasteiger partial charge in [-0.25, -0.2) is 4.79 Å². The highest BCUT2D eigenvalue weighted by atomic mass is 32.1. The fraction of sp³-hybridized carbons (Fsp3) is 0.0833. The van der Waals surface area contributed by atoms with E-state index in [4.69, 9.17) is 4.74 Å². The lowest BCUT2D eigenvalue weighted by Gasteiger charge is -2.07. The minimum absolute atomic E-state index is 0.178. The third kappa shape index (κ3) is 4.20. The average molecular weight is 401 g/mol. The molecule has 1 aromatic heterocycles. The number of anilines is 1. The molecule has 0 bridgehead atoms. The minimum Gasteiger partial charge on any atom is -0.465 e. The number of esters is 1. The van der Waals surface area contributed by atoms with Crippen molar-refractivity contribution in [2.45, 2.75) is 6.42 Å². The fourth-order valence-corrected chi connectivity index (χ4v) is 4.24. The first-order chi connectivity index (χ1) is 14.1. The second kappa shape index (κ2) is 8.29. The van der Waals surface area contributed by atoms with Crippen LogP contribution >= 0.6 is 11.3 Å². The number of methoxy groups -OCH3 is 1. The molecule has 1 heterocycles.